The third-order valence-electron chi connectivity index (χ3n) is 3.77. The van der Waals surface area contributed by atoms with Crippen LogP contribution in [0.25, 0.3) is 0 Å². The van der Waals surface area contributed by atoms with Gasteiger partial charge in [-0.05, 0) is 51.9 Å². The van der Waals surface area contributed by atoms with Crippen LogP contribution in [0.3, 0.4) is 0 Å². The number of carbonyl (C=O) groups is 2. The molecule has 1 aliphatic rings. The highest BCUT2D eigenvalue weighted by Gasteiger charge is 2.34. The zero-order valence-corrected chi connectivity index (χ0v) is 13.2. The minimum Gasteiger partial charge on any atom is -0.467 e. The normalized spacial score (nSPS) is 18.6. The van der Waals surface area contributed by atoms with Crippen molar-refractivity contribution >= 4 is 12.1 Å². The number of hydrogen-bond donors (Lipinski definition) is 1. The second-order valence-electron chi connectivity index (χ2n) is 6.92. The Balaban J connectivity index is 2.51. The first-order valence-electron chi connectivity index (χ1n) is 7.23. The van der Waals surface area contributed by atoms with Crippen LogP contribution in [0.5, 0.6) is 0 Å². The number of nitrogens with one attached hydrogen (secondary N) is 1. The largest absolute Gasteiger partial charge is 0.467 e. The molecular weight excluding hydrogens is 258 g/mol. The quantitative estimate of drug-likeness (QED) is 0.789. The lowest BCUT2D eigenvalue weighted by atomic mass is 9.67. The average Bonchev–Trinajstić information content (AvgIpc) is 2.28. The van der Waals surface area contributed by atoms with E-state index in [1.165, 1.54) is 26.4 Å². The molecule has 1 unspecified atom stereocenters. The summed E-state index contributed by atoms with van der Waals surface area (Å²) in [4.78, 5) is 23.5. The summed E-state index contributed by atoms with van der Waals surface area (Å²) in [5.41, 5.74) is -0.271. The van der Waals surface area contributed by atoms with Crippen molar-refractivity contribution in [2.45, 2.75) is 71.4 Å². The van der Waals surface area contributed by atoms with Gasteiger partial charge >= 0.3 is 12.1 Å². The van der Waals surface area contributed by atoms with E-state index in [9.17, 15) is 9.59 Å². The molecule has 5 nitrogen and oxygen atoms in total. The maximum absolute atomic E-state index is 11.8. The molecular formula is C15H27NO4. The second-order valence-corrected chi connectivity index (χ2v) is 6.92. The van der Waals surface area contributed by atoms with Gasteiger partial charge in [0.2, 0.25) is 0 Å². The SMILES string of the molecule is COC(=O)C(CCC1(C)CCC1)NC(=O)OC(C)(C)C. The minimum absolute atomic E-state index is 0.307. The topological polar surface area (TPSA) is 64.6 Å². The van der Waals surface area contributed by atoms with Crippen molar-refractivity contribution in [3.05, 3.63) is 0 Å². The van der Waals surface area contributed by atoms with Gasteiger partial charge in [-0.25, -0.2) is 9.59 Å². The lowest BCUT2D eigenvalue weighted by molar-refractivity contribution is -0.143. The van der Waals surface area contributed by atoms with Gasteiger partial charge in [-0.3, -0.25) is 0 Å². The minimum atomic E-state index is -0.632. The van der Waals surface area contributed by atoms with E-state index in [-0.39, 0.29) is 0 Å². The van der Waals surface area contributed by atoms with Gasteiger partial charge in [0.05, 0.1) is 7.11 Å². The van der Waals surface area contributed by atoms with Gasteiger partial charge in [-0.15, -0.1) is 0 Å². The lowest BCUT2D eigenvalue weighted by Gasteiger charge is -2.39. The molecule has 1 fully saturated rings. The van der Waals surface area contributed by atoms with Gasteiger partial charge in [-0.2, -0.15) is 0 Å². The van der Waals surface area contributed by atoms with E-state index in [1.54, 1.807) is 20.8 Å². The van der Waals surface area contributed by atoms with E-state index < -0.39 is 23.7 Å². The maximum Gasteiger partial charge on any atom is 0.408 e. The van der Waals surface area contributed by atoms with Crippen LogP contribution in [0.15, 0.2) is 0 Å². The molecule has 20 heavy (non-hydrogen) atoms. The van der Waals surface area contributed by atoms with Crippen molar-refractivity contribution in [1.82, 2.24) is 5.32 Å². The van der Waals surface area contributed by atoms with Gasteiger partial charge < -0.3 is 14.8 Å². The van der Waals surface area contributed by atoms with Crippen LogP contribution in [0.2, 0.25) is 0 Å². The summed E-state index contributed by atoms with van der Waals surface area (Å²) in [6.45, 7) is 7.58. The summed E-state index contributed by atoms with van der Waals surface area (Å²) in [6.07, 6.45) is 4.54. The maximum atomic E-state index is 11.8. The second kappa shape index (κ2) is 6.46. The Labute approximate surface area is 121 Å². The van der Waals surface area contributed by atoms with Crippen molar-refractivity contribution < 1.29 is 19.1 Å². The van der Waals surface area contributed by atoms with Gasteiger partial charge in [0.1, 0.15) is 11.6 Å². The highest BCUT2D eigenvalue weighted by molar-refractivity contribution is 5.81. The fourth-order valence-electron chi connectivity index (χ4n) is 2.36. The molecule has 1 N–H and O–H groups in total. The van der Waals surface area contributed by atoms with Crippen LogP contribution in [-0.4, -0.2) is 30.8 Å². The summed E-state index contributed by atoms with van der Waals surface area (Å²) in [6, 6.07) is -0.632. The molecule has 1 saturated carbocycles. The van der Waals surface area contributed by atoms with E-state index in [2.05, 4.69) is 12.2 Å². The Morgan fingerprint density at radius 1 is 1.30 bits per heavy atom. The van der Waals surface area contributed by atoms with Crippen molar-refractivity contribution in [1.29, 1.82) is 0 Å². The first-order valence-corrected chi connectivity index (χ1v) is 7.23. The summed E-state index contributed by atoms with van der Waals surface area (Å²) in [7, 11) is 1.33. The average molecular weight is 285 g/mol. The number of ether oxygens (including phenoxy) is 2. The number of hydrogen-bond acceptors (Lipinski definition) is 4. The first-order chi connectivity index (χ1) is 9.15. The van der Waals surface area contributed by atoms with E-state index in [1.807, 2.05) is 0 Å². The van der Waals surface area contributed by atoms with Crippen LogP contribution in [0.1, 0.15) is 59.8 Å². The summed E-state index contributed by atoms with van der Waals surface area (Å²) < 4.78 is 9.93. The predicted molar refractivity (Wildman–Crippen MR) is 76.4 cm³/mol. The Kier molecular flexibility index (Phi) is 5.42. The molecule has 5 heteroatoms. The molecule has 1 rings (SSSR count). The molecule has 0 aromatic rings. The monoisotopic (exact) mass is 285 g/mol. The molecule has 1 amide bonds. The fourth-order valence-corrected chi connectivity index (χ4v) is 2.36. The molecule has 0 bridgehead atoms. The van der Waals surface area contributed by atoms with Crippen molar-refractivity contribution in [2.24, 2.45) is 5.41 Å². The molecule has 0 aromatic carbocycles. The Morgan fingerprint density at radius 2 is 1.90 bits per heavy atom. The van der Waals surface area contributed by atoms with Gasteiger partial charge in [0.15, 0.2) is 0 Å². The van der Waals surface area contributed by atoms with Crippen molar-refractivity contribution in [2.75, 3.05) is 7.11 Å². The van der Waals surface area contributed by atoms with Crippen LogP contribution < -0.4 is 5.32 Å². The van der Waals surface area contributed by atoms with E-state index in [0.29, 0.717) is 11.8 Å². The first kappa shape index (κ1) is 16.8. The standard InChI is InChI=1S/C15H27NO4/c1-14(2,3)20-13(18)16-11(12(17)19-5)7-10-15(4)8-6-9-15/h11H,6-10H2,1-5H3,(H,16,18). The smallest absolute Gasteiger partial charge is 0.408 e. The van der Waals surface area contributed by atoms with Gasteiger partial charge in [-0.1, -0.05) is 13.3 Å². The highest BCUT2D eigenvalue weighted by Crippen LogP contribution is 2.44. The number of amides is 1. The van der Waals surface area contributed by atoms with Crippen molar-refractivity contribution in [3.63, 3.8) is 0 Å². The number of rotatable bonds is 5. The number of methoxy groups -OCH3 is 1. The zero-order valence-electron chi connectivity index (χ0n) is 13.2. The van der Waals surface area contributed by atoms with Crippen LogP contribution in [0.4, 0.5) is 4.79 Å². The molecule has 0 heterocycles. The van der Waals surface area contributed by atoms with Crippen molar-refractivity contribution in [3.8, 4) is 0 Å². The molecule has 116 valence electrons. The van der Waals surface area contributed by atoms with E-state index >= 15 is 0 Å². The number of carbonyl (C=O) groups excluding carboxylic acids is 2. The van der Waals surface area contributed by atoms with E-state index in [0.717, 1.165) is 6.42 Å². The third-order valence-corrected chi connectivity index (χ3v) is 3.77. The third kappa shape index (κ3) is 5.39. The summed E-state index contributed by atoms with van der Waals surface area (Å²) >= 11 is 0. The molecule has 0 radical (unpaired) electrons. The Bertz CT molecular complexity index is 355. The molecule has 1 aliphatic carbocycles. The lowest BCUT2D eigenvalue weighted by Crippen LogP contribution is -2.44. The number of esters is 1. The van der Waals surface area contributed by atoms with Gasteiger partial charge in [0, 0.05) is 0 Å². The molecule has 0 aromatic heterocycles. The van der Waals surface area contributed by atoms with Crippen LogP contribution >= 0.6 is 0 Å². The van der Waals surface area contributed by atoms with Gasteiger partial charge in [0.25, 0.3) is 0 Å². The Morgan fingerprint density at radius 3 is 2.30 bits per heavy atom. The summed E-state index contributed by atoms with van der Waals surface area (Å²) in [5, 5.41) is 2.61. The fraction of sp³-hybridized carbons (Fsp3) is 0.867. The van der Waals surface area contributed by atoms with E-state index in [4.69, 9.17) is 9.47 Å². The number of alkyl carbamates (subject to hydrolysis) is 1. The predicted octanol–water partition coefficient (Wildman–Crippen LogP) is 3.02. The molecule has 0 saturated heterocycles. The zero-order chi connectivity index (χ0) is 15.4. The molecule has 1 atom stereocenters. The molecule has 0 spiro atoms. The van der Waals surface area contributed by atoms with Crippen LogP contribution in [-0.2, 0) is 14.3 Å². The highest BCUT2D eigenvalue weighted by atomic mass is 16.6. The molecule has 0 aliphatic heterocycles. The summed E-state index contributed by atoms with van der Waals surface area (Å²) in [5.74, 6) is -0.418. The Hall–Kier alpha value is -1.26. The van der Waals surface area contributed by atoms with Crippen LogP contribution in [0, 0.1) is 5.41 Å².